The van der Waals surface area contributed by atoms with Gasteiger partial charge in [0.15, 0.2) is 0 Å². The van der Waals surface area contributed by atoms with Crippen LogP contribution in [0, 0.1) is 5.41 Å². The highest BCUT2D eigenvalue weighted by molar-refractivity contribution is 5.88. The molecule has 0 aliphatic heterocycles. The number of nitrogens with zero attached hydrogens (tertiary/aromatic N) is 1. The van der Waals surface area contributed by atoms with Crippen molar-refractivity contribution in [3.05, 3.63) is 0 Å². The molecule has 0 bridgehead atoms. The van der Waals surface area contributed by atoms with Crippen LogP contribution in [0.2, 0.25) is 0 Å². The van der Waals surface area contributed by atoms with Gasteiger partial charge < -0.3 is 26.8 Å². The van der Waals surface area contributed by atoms with E-state index in [0.717, 1.165) is 4.90 Å². The lowest BCUT2D eigenvalue weighted by Crippen LogP contribution is -2.54. The SMILES string of the molecule is CC1(C(=O)O)CCCC1NC(=O)N(CC(N)=O)CC(N)=O. The summed E-state index contributed by atoms with van der Waals surface area (Å²) in [5.74, 6) is -2.58. The fourth-order valence-electron chi connectivity index (χ4n) is 2.47. The topological polar surface area (TPSA) is 156 Å². The molecule has 21 heavy (non-hydrogen) atoms. The Morgan fingerprint density at radius 2 is 1.76 bits per heavy atom. The first-order valence-corrected chi connectivity index (χ1v) is 6.52. The number of carboxylic acids is 1. The highest BCUT2D eigenvalue weighted by Gasteiger charge is 2.46. The van der Waals surface area contributed by atoms with Gasteiger partial charge in [0.2, 0.25) is 11.8 Å². The Balaban J connectivity index is 2.78. The molecular formula is C12H20N4O5. The van der Waals surface area contributed by atoms with Crippen molar-refractivity contribution in [1.82, 2.24) is 10.2 Å². The molecule has 2 atom stereocenters. The summed E-state index contributed by atoms with van der Waals surface area (Å²) in [4.78, 5) is 46.1. The van der Waals surface area contributed by atoms with Crippen LogP contribution < -0.4 is 16.8 Å². The maximum atomic E-state index is 12.1. The second-order valence-electron chi connectivity index (χ2n) is 5.41. The number of primary amides is 2. The number of carbonyl (C=O) groups is 4. The normalized spacial score (nSPS) is 24.3. The molecule has 6 N–H and O–H groups in total. The van der Waals surface area contributed by atoms with E-state index in [1.807, 2.05) is 0 Å². The molecule has 1 rings (SSSR count). The smallest absolute Gasteiger partial charge is 0.318 e. The van der Waals surface area contributed by atoms with E-state index in [9.17, 15) is 24.3 Å². The van der Waals surface area contributed by atoms with Crippen LogP contribution in [-0.2, 0) is 14.4 Å². The van der Waals surface area contributed by atoms with E-state index < -0.39 is 48.4 Å². The van der Waals surface area contributed by atoms with Gasteiger partial charge in [-0.05, 0) is 19.8 Å². The molecule has 1 saturated carbocycles. The number of amides is 4. The number of rotatable bonds is 6. The summed E-state index contributed by atoms with van der Waals surface area (Å²) in [6.07, 6.45) is 1.62. The highest BCUT2D eigenvalue weighted by Crippen LogP contribution is 2.38. The largest absolute Gasteiger partial charge is 0.481 e. The zero-order valence-electron chi connectivity index (χ0n) is 11.8. The number of hydrogen-bond donors (Lipinski definition) is 4. The fourth-order valence-corrected chi connectivity index (χ4v) is 2.47. The average molecular weight is 300 g/mol. The van der Waals surface area contributed by atoms with E-state index in [2.05, 4.69) is 5.32 Å². The summed E-state index contributed by atoms with van der Waals surface area (Å²) >= 11 is 0. The third-order valence-electron chi connectivity index (χ3n) is 3.72. The quantitative estimate of drug-likeness (QED) is 0.475. The Morgan fingerprint density at radius 1 is 1.24 bits per heavy atom. The lowest BCUT2D eigenvalue weighted by atomic mass is 9.85. The van der Waals surface area contributed by atoms with Gasteiger partial charge in [-0.2, -0.15) is 0 Å². The first kappa shape index (κ1) is 16.7. The maximum absolute atomic E-state index is 12.1. The minimum Gasteiger partial charge on any atom is -0.481 e. The second-order valence-corrected chi connectivity index (χ2v) is 5.41. The monoisotopic (exact) mass is 300 g/mol. The van der Waals surface area contributed by atoms with Gasteiger partial charge in [-0.25, -0.2) is 4.79 Å². The van der Waals surface area contributed by atoms with Gasteiger partial charge in [0.1, 0.15) is 13.1 Å². The van der Waals surface area contributed by atoms with E-state index in [1.54, 1.807) is 6.92 Å². The van der Waals surface area contributed by atoms with Crippen LogP contribution in [0.1, 0.15) is 26.2 Å². The summed E-state index contributed by atoms with van der Waals surface area (Å²) in [7, 11) is 0. The Labute approximate surface area is 121 Å². The number of carboxylic acid groups (broad SMARTS) is 1. The van der Waals surface area contributed by atoms with E-state index in [-0.39, 0.29) is 0 Å². The molecule has 9 heteroatoms. The van der Waals surface area contributed by atoms with Crippen LogP contribution in [0.25, 0.3) is 0 Å². The van der Waals surface area contributed by atoms with Gasteiger partial charge in [-0.15, -0.1) is 0 Å². The third-order valence-corrected chi connectivity index (χ3v) is 3.72. The Morgan fingerprint density at radius 3 is 2.19 bits per heavy atom. The van der Waals surface area contributed by atoms with Crippen molar-refractivity contribution in [2.24, 2.45) is 16.9 Å². The van der Waals surface area contributed by atoms with Crippen molar-refractivity contribution in [2.75, 3.05) is 13.1 Å². The molecule has 4 amide bonds. The zero-order chi connectivity index (χ0) is 16.2. The van der Waals surface area contributed by atoms with Crippen LogP contribution in [0.3, 0.4) is 0 Å². The van der Waals surface area contributed by atoms with Crippen LogP contribution in [0.5, 0.6) is 0 Å². The molecule has 0 spiro atoms. The Bertz CT molecular complexity index is 451. The lowest BCUT2D eigenvalue weighted by molar-refractivity contribution is -0.148. The molecule has 1 aliphatic carbocycles. The number of nitrogens with two attached hydrogens (primary N) is 2. The van der Waals surface area contributed by atoms with Crippen LogP contribution in [-0.4, -0.2) is 53.0 Å². The number of carbonyl (C=O) groups excluding carboxylic acids is 3. The molecule has 9 nitrogen and oxygen atoms in total. The molecule has 0 aromatic rings. The van der Waals surface area contributed by atoms with Crippen molar-refractivity contribution in [2.45, 2.75) is 32.2 Å². The van der Waals surface area contributed by atoms with Gasteiger partial charge in [0.05, 0.1) is 5.41 Å². The Hall–Kier alpha value is -2.32. The van der Waals surface area contributed by atoms with Gasteiger partial charge in [0, 0.05) is 6.04 Å². The van der Waals surface area contributed by atoms with Gasteiger partial charge >= 0.3 is 12.0 Å². The number of aliphatic carboxylic acids is 1. The molecule has 2 unspecified atom stereocenters. The molecule has 0 saturated heterocycles. The van der Waals surface area contributed by atoms with Gasteiger partial charge in [0.25, 0.3) is 0 Å². The van der Waals surface area contributed by atoms with Crippen molar-refractivity contribution in [3.63, 3.8) is 0 Å². The zero-order valence-corrected chi connectivity index (χ0v) is 11.8. The van der Waals surface area contributed by atoms with E-state index in [4.69, 9.17) is 11.5 Å². The first-order valence-electron chi connectivity index (χ1n) is 6.52. The number of urea groups is 1. The molecule has 0 radical (unpaired) electrons. The molecule has 1 fully saturated rings. The van der Waals surface area contributed by atoms with E-state index >= 15 is 0 Å². The molecule has 0 aromatic carbocycles. The van der Waals surface area contributed by atoms with E-state index in [0.29, 0.717) is 19.3 Å². The average Bonchev–Trinajstić information content (AvgIpc) is 2.70. The summed E-state index contributed by atoms with van der Waals surface area (Å²) in [5, 5.41) is 11.8. The first-order chi connectivity index (χ1) is 9.66. The summed E-state index contributed by atoms with van der Waals surface area (Å²) in [6, 6.07) is -1.31. The van der Waals surface area contributed by atoms with Crippen LogP contribution in [0.15, 0.2) is 0 Å². The minimum atomic E-state index is -1.07. The standard InChI is InChI=1S/C12H20N4O5/c1-12(10(19)20)4-2-3-7(12)15-11(21)16(5-8(13)17)6-9(14)18/h7H,2-6H2,1H3,(H2,13,17)(H2,14,18)(H,15,21)(H,19,20). The molecule has 1 aliphatic rings. The number of nitrogens with one attached hydrogen (secondary N) is 1. The van der Waals surface area contributed by atoms with Crippen molar-refractivity contribution in [1.29, 1.82) is 0 Å². The molecular weight excluding hydrogens is 280 g/mol. The van der Waals surface area contributed by atoms with Crippen molar-refractivity contribution in [3.8, 4) is 0 Å². The molecule has 0 heterocycles. The summed E-state index contributed by atoms with van der Waals surface area (Å²) < 4.78 is 0. The Kier molecular flexibility index (Phi) is 5.12. The second kappa shape index (κ2) is 6.42. The highest BCUT2D eigenvalue weighted by atomic mass is 16.4. The van der Waals surface area contributed by atoms with Crippen molar-refractivity contribution < 1.29 is 24.3 Å². The summed E-state index contributed by atoms with van der Waals surface area (Å²) in [6.45, 7) is 0.621. The van der Waals surface area contributed by atoms with Crippen LogP contribution in [0.4, 0.5) is 4.79 Å². The molecule has 0 aromatic heterocycles. The molecule has 118 valence electrons. The van der Waals surface area contributed by atoms with E-state index in [1.165, 1.54) is 0 Å². The fraction of sp³-hybridized carbons (Fsp3) is 0.667. The maximum Gasteiger partial charge on any atom is 0.318 e. The van der Waals surface area contributed by atoms with Gasteiger partial charge in [-0.1, -0.05) is 6.42 Å². The predicted octanol–water partition coefficient (Wildman–Crippen LogP) is -1.39. The third kappa shape index (κ3) is 4.07. The van der Waals surface area contributed by atoms with Crippen molar-refractivity contribution >= 4 is 23.8 Å². The summed E-state index contributed by atoms with van der Waals surface area (Å²) in [5.41, 5.74) is 8.95. The number of hydrogen-bond acceptors (Lipinski definition) is 4. The minimum absolute atomic E-state index is 0.443. The van der Waals surface area contributed by atoms with Gasteiger partial charge in [-0.3, -0.25) is 14.4 Å². The predicted molar refractivity (Wildman–Crippen MR) is 71.9 cm³/mol. The lowest BCUT2D eigenvalue weighted by Gasteiger charge is -2.30. The van der Waals surface area contributed by atoms with Crippen LogP contribution >= 0.6 is 0 Å².